The zero-order valence-electron chi connectivity index (χ0n) is 13.1. The highest BCUT2D eigenvalue weighted by Gasteiger charge is 2.13. The van der Waals surface area contributed by atoms with Crippen molar-refractivity contribution in [2.75, 3.05) is 6.54 Å². The Hall–Kier alpha value is -2.57. The van der Waals surface area contributed by atoms with Crippen molar-refractivity contribution in [3.8, 4) is 10.4 Å². The molecule has 0 aliphatic heterocycles. The van der Waals surface area contributed by atoms with Crippen LogP contribution in [0.25, 0.3) is 10.4 Å². The van der Waals surface area contributed by atoms with Crippen molar-refractivity contribution in [3.63, 3.8) is 0 Å². The number of thiophene rings is 1. The molecule has 2 aromatic carbocycles. The SMILES string of the molecule is O=C(NCC(O)c1cccc(F)c1)c1ccc(-c2ccc(F)cc2)s1. The van der Waals surface area contributed by atoms with Gasteiger partial charge in [-0.05, 0) is 47.5 Å². The lowest BCUT2D eigenvalue weighted by Crippen LogP contribution is -2.27. The van der Waals surface area contributed by atoms with Gasteiger partial charge in [0.05, 0.1) is 11.0 Å². The van der Waals surface area contributed by atoms with Gasteiger partial charge in [0.15, 0.2) is 0 Å². The maximum atomic E-state index is 13.2. The van der Waals surface area contributed by atoms with Gasteiger partial charge >= 0.3 is 0 Å². The number of benzene rings is 2. The van der Waals surface area contributed by atoms with E-state index in [1.54, 1.807) is 30.3 Å². The fourth-order valence-corrected chi connectivity index (χ4v) is 3.27. The number of rotatable bonds is 5. The first-order valence-corrected chi connectivity index (χ1v) is 8.42. The van der Waals surface area contributed by atoms with Crippen LogP contribution < -0.4 is 5.32 Å². The molecule has 2 N–H and O–H groups in total. The van der Waals surface area contributed by atoms with Gasteiger partial charge in [0.1, 0.15) is 11.6 Å². The number of halogens is 2. The first-order valence-electron chi connectivity index (χ1n) is 7.60. The second-order valence-electron chi connectivity index (χ2n) is 5.45. The molecule has 3 rings (SSSR count). The van der Waals surface area contributed by atoms with E-state index in [4.69, 9.17) is 0 Å². The van der Waals surface area contributed by atoms with E-state index in [9.17, 15) is 18.7 Å². The molecule has 0 aliphatic carbocycles. The topological polar surface area (TPSA) is 49.3 Å². The minimum Gasteiger partial charge on any atom is -0.387 e. The fourth-order valence-electron chi connectivity index (χ4n) is 2.34. The maximum Gasteiger partial charge on any atom is 0.261 e. The van der Waals surface area contributed by atoms with Gasteiger partial charge in [0, 0.05) is 11.4 Å². The summed E-state index contributed by atoms with van der Waals surface area (Å²) >= 11 is 1.27. The molecule has 1 aromatic heterocycles. The molecule has 0 fully saturated rings. The van der Waals surface area contributed by atoms with Crippen LogP contribution in [0.4, 0.5) is 8.78 Å². The third kappa shape index (κ3) is 4.29. The van der Waals surface area contributed by atoms with Crippen molar-refractivity contribution in [1.29, 1.82) is 0 Å². The summed E-state index contributed by atoms with van der Waals surface area (Å²) in [5.41, 5.74) is 1.23. The predicted molar refractivity (Wildman–Crippen MR) is 93.4 cm³/mol. The Bertz CT molecular complexity index is 877. The van der Waals surface area contributed by atoms with E-state index in [-0.39, 0.29) is 18.3 Å². The molecule has 0 radical (unpaired) electrons. The van der Waals surface area contributed by atoms with Gasteiger partial charge in [0.25, 0.3) is 5.91 Å². The first kappa shape index (κ1) is 17.3. The molecule has 3 aromatic rings. The van der Waals surface area contributed by atoms with Crippen LogP contribution in [0.3, 0.4) is 0 Å². The minimum absolute atomic E-state index is 0.0218. The van der Waals surface area contributed by atoms with Gasteiger partial charge in [0.2, 0.25) is 0 Å². The van der Waals surface area contributed by atoms with E-state index in [1.807, 2.05) is 0 Å². The smallest absolute Gasteiger partial charge is 0.261 e. The number of hydrogen-bond acceptors (Lipinski definition) is 3. The maximum absolute atomic E-state index is 13.2. The number of carbonyl (C=O) groups is 1. The molecule has 0 aliphatic rings. The number of carbonyl (C=O) groups excluding carboxylic acids is 1. The van der Waals surface area contributed by atoms with E-state index >= 15 is 0 Å². The number of hydrogen-bond donors (Lipinski definition) is 2. The van der Waals surface area contributed by atoms with Crippen LogP contribution >= 0.6 is 11.3 Å². The average Bonchev–Trinajstić information content (AvgIpc) is 3.10. The quantitative estimate of drug-likeness (QED) is 0.719. The zero-order valence-corrected chi connectivity index (χ0v) is 13.9. The largest absolute Gasteiger partial charge is 0.387 e. The van der Waals surface area contributed by atoms with Crippen molar-refractivity contribution in [1.82, 2.24) is 5.32 Å². The van der Waals surface area contributed by atoms with Crippen LogP contribution in [0.1, 0.15) is 21.3 Å². The number of nitrogens with one attached hydrogen (secondary N) is 1. The Kier molecular flexibility index (Phi) is 5.21. The Balaban J connectivity index is 1.63. The second kappa shape index (κ2) is 7.55. The van der Waals surface area contributed by atoms with Crippen molar-refractivity contribution in [2.45, 2.75) is 6.10 Å². The highest BCUT2D eigenvalue weighted by molar-refractivity contribution is 7.17. The molecule has 1 atom stereocenters. The van der Waals surface area contributed by atoms with Crippen LogP contribution in [0.5, 0.6) is 0 Å². The third-order valence-corrected chi connectivity index (χ3v) is 4.78. The summed E-state index contributed by atoms with van der Waals surface area (Å²) in [5, 5.41) is 12.7. The summed E-state index contributed by atoms with van der Waals surface area (Å²) < 4.78 is 26.1. The van der Waals surface area contributed by atoms with E-state index in [0.29, 0.717) is 10.4 Å². The van der Waals surface area contributed by atoms with E-state index in [2.05, 4.69) is 5.32 Å². The first-order chi connectivity index (χ1) is 12.0. The summed E-state index contributed by atoms with van der Waals surface area (Å²) in [6, 6.07) is 15.1. The van der Waals surface area contributed by atoms with Crippen LogP contribution in [0, 0.1) is 11.6 Å². The summed E-state index contributed by atoms with van der Waals surface area (Å²) in [4.78, 5) is 13.5. The van der Waals surface area contributed by atoms with E-state index in [1.165, 1.54) is 41.7 Å². The van der Waals surface area contributed by atoms with Gasteiger partial charge < -0.3 is 10.4 Å². The van der Waals surface area contributed by atoms with Gasteiger partial charge in [-0.2, -0.15) is 0 Å². The van der Waals surface area contributed by atoms with E-state index in [0.717, 1.165) is 10.4 Å². The summed E-state index contributed by atoms with van der Waals surface area (Å²) in [5.74, 6) is -1.08. The standard InChI is InChI=1S/C19H15F2NO2S/c20-14-6-4-12(5-7-14)17-8-9-18(25-17)19(24)22-11-16(23)13-2-1-3-15(21)10-13/h1-10,16,23H,11H2,(H,22,24). The van der Waals surface area contributed by atoms with Crippen molar-refractivity contribution in [2.24, 2.45) is 0 Å². The number of amides is 1. The fraction of sp³-hybridized carbons (Fsp3) is 0.105. The molecule has 1 unspecified atom stereocenters. The molecule has 0 spiro atoms. The zero-order chi connectivity index (χ0) is 17.8. The van der Waals surface area contributed by atoms with Crippen LogP contribution in [-0.2, 0) is 0 Å². The lowest BCUT2D eigenvalue weighted by atomic mass is 10.1. The van der Waals surface area contributed by atoms with Crippen molar-refractivity contribution < 1.29 is 18.7 Å². The number of aliphatic hydroxyl groups excluding tert-OH is 1. The second-order valence-corrected chi connectivity index (χ2v) is 6.54. The highest BCUT2D eigenvalue weighted by atomic mass is 32.1. The summed E-state index contributed by atoms with van der Waals surface area (Å²) in [6.45, 7) is -0.0218. The lowest BCUT2D eigenvalue weighted by molar-refractivity contribution is 0.0920. The van der Waals surface area contributed by atoms with E-state index < -0.39 is 11.9 Å². The van der Waals surface area contributed by atoms with Crippen molar-refractivity contribution >= 4 is 17.2 Å². The lowest BCUT2D eigenvalue weighted by Gasteiger charge is -2.11. The molecule has 0 saturated carbocycles. The van der Waals surface area contributed by atoms with Gasteiger partial charge in [-0.3, -0.25) is 4.79 Å². The molecular weight excluding hydrogens is 344 g/mol. The molecule has 1 amide bonds. The molecule has 0 saturated heterocycles. The molecule has 6 heteroatoms. The Morgan fingerprint density at radius 3 is 2.52 bits per heavy atom. The van der Waals surface area contributed by atoms with Crippen LogP contribution in [0.15, 0.2) is 60.7 Å². The predicted octanol–water partition coefficient (Wildman–Crippen LogP) is 4.16. The molecule has 25 heavy (non-hydrogen) atoms. The highest BCUT2D eigenvalue weighted by Crippen LogP contribution is 2.28. The van der Waals surface area contributed by atoms with Crippen LogP contribution in [0.2, 0.25) is 0 Å². The number of aliphatic hydroxyl groups is 1. The van der Waals surface area contributed by atoms with Crippen molar-refractivity contribution in [3.05, 3.63) is 82.7 Å². The Morgan fingerprint density at radius 2 is 1.80 bits per heavy atom. The van der Waals surface area contributed by atoms with Gasteiger partial charge in [-0.15, -0.1) is 11.3 Å². The normalized spacial score (nSPS) is 12.0. The molecular formula is C19H15F2NO2S. The Morgan fingerprint density at radius 1 is 1.04 bits per heavy atom. The summed E-state index contributed by atoms with van der Waals surface area (Å²) in [7, 11) is 0. The monoisotopic (exact) mass is 359 g/mol. The molecule has 3 nitrogen and oxygen atoms in total. The molecule has 0 bridgehead atoms. The average molecular weight is 359 g/mol. The van der Waals surface area contributed by atoms with Crippen LogP contribution in [-0.4, -0.2) is 17.6 Å². The minimum atomic E-state index is -0.990. The summed E-state index contributed by atoms with van der Waals surface area (Å²) in [6.07, 6.45) is -0.990. The van der Waals surface area contributed by atoms with Gasteiger partial charge in [-0.25, -0.2) is 8.78 Å². The Labute approximate surface area is 147 Å². The molecule has 128 valence electrons. The molecule has 1 heterocycles. The third-order valence-electron chi connectivity index (χ3n) is 3.65. The van der Waals surface area contributed by atoms with Gasteiger partial charge in [-0.1, -0.05) is 24.3 Å².